The highest BCUT2D eigenvalue weighted by Gasteiger charge is 2.18. The van der Waals surface area contributed by atoms with Crippen molar-refractivity contribution in [2.24, 2.45) is 7.05 Å². The molecule has 0 fully saturated rings. The van der Waals surface area contributed by atoms with E-state index in [-0.39, 0.29) is 5.69 Å². The molecule has 4 aromatic rings. The molecule has 0 atom stereocenters. The third kappa shape index (κ3) is 2.47. The van der Waals surface area contributed by atoms with Crippen molar-refractivity contribution in [3.63, 3.8) is 0 Å². The molecule has 0 aliphatic rings. The van der Waals surface area contributed by atoms with Gasteiger partial charge in [-0.05, 0) is 49.6 Å². The molecule has 0 unspecified atom stereocenters. The summed E-state index contributed by atoms with van der Waals surface area (Å²) in [5, 5.41) is 4.07. The van der Waals surface area contributed by atoms with Crippen LogP contribution in [-0.4, -0.2) is 14.3 Å². The van der Waals surface area contributed by atoms with Crippen molar-refractivity contribution in [2.75, 3.05) is 0 Å². The number of benzene rings is 2. The van der Waals surface area contributed by atoms with Gasteiger partial charge in [0, 0.05) is 12.6 Å². The Hall–Kier alpha value is -3.08. The summed E-state index contributed by atoms with van der Waals surface area (Å²) in [6.45, 7) is 6.43. The van der Waals surface area contributed by atoms with E-state index in [0.29, 0.717) is 6.54 Å². The van der Waals surface area contributed by atoms with E-state index in [4.69, 9.17) is 4.52 Å². The van der Waals surface area contributed by atoms with Gasteiger partial charge in [0.05, 0.1) is 23.3 Å². The topological polar surface area (TPSA) is 53.0 Å². The first-order chi connectivity index (χ1) is 12.5. The Bertz CT molecular complexity index is 1140. The molecular weight excluding hydrogens is 326 g/mol. The van der Waals surface area contributed by atoms with Gasteiger partial charge in [0.2, 0.25) is 0 Å². The minimum absolute atomic E-state index is 0.0112. The smallest absolute Gasteiger partial charge is 0.329 e. The van der Waals surface area contributed by atoms with Gasteiger partial charge >= 0.3 is 5.69 Å². The molecule has 0 bridgehead atoms. The van der Waals surface area contributed by atoms with Gasteiger partial charge in [-0.3, -0.25) is 9.13 Å². The average Bonchev–Trinajstić information content (AvgIpc) is 3.08. The van der Waals surface area contributed by atoms with Crippen LogP contribution in [0.15, 0.2) is 51.8 Å². The van der Waals surface area contributed by atoms with E-state index in [1.54, 1.807) is 4.57 Å². The molecule has 132 valence electrons. The van der Waals surface area contributed by atoms with Gasteiger partial charge < -0.3 is 4.52 Å². The van der Waals surface area contributed by atoms with Crippen LogP contribution in [0.5, 0.6) is 0 Å². The van der Waals surface area contributed by atoms with Crippen molar-refractivity contribution >= 4 is 11.0 Å². The summed E-state index contributed by atoms with van der Waals surface area (Å²) in [6, 6.07) is 14.2. The van der Waals surface area contributed by atoms with Crippen LogP contribution in [0.2, 0.25) is 0 Å². The van der Waals surface area contributed by atoms with E-state index >= 15 is 0 Å². The van der Waals surface area contributed by atoms with Gasteiger partial charge in [0.1, 0.15) is 5.76 Å². The lowest BCUT2D eigenvalue weighted by Crippen LogP contribution is -2.22. The third-order valence-electron chi connectivity index (χ3n) is 4.93. The fourth-order valence-electron chi connectivity index (χ4n) is 3.74. The van der Waals surface area contributed by atoms with Crippen LogP contribution in [0.4, 0.5) is 0 Å². The molecule has 0 amide bonds. The zero-order valence-electron chi connectivity index (χ0n) is 15.4. The Labute approximate surface area is 151 Å². The largest absolute Gasteiger partial charge is 0.361 e. The summed E-state index contributed by atoms with van der Waals surface area (Å²) in [5.41, 5.74) is 6.91. The summed E-state index contributed by atoms with van der Waals surface area (Å²) >= 11 is 0. The third-order valence-corrected chi connectivity index (χ3v) is 4.93. The van der Waals surface area contributed by atoms with Crippen molar-refractivity contribution in [2.45, 2.75) is 27.3 Å². The van der Waals surface area contributed by atoms with Crippen LogP contribution in [0, 0.1) is 20.8 Å². The maximum atomic E-state index is 12.9. The number of hydrogen-bond acceptors (Lipinski definition) is 3. The van der Waals surface area contributed by atoms with Gasteiger partial charge in [-0.2, -0.15) is 0 Å². The number of imidazole rings is 1. The highest BCUT2D eigenvalue weighted by molar-refractivity contribution is 5.86. The van der Waals surface area contributed by atoms with Crippen molar-refractivity contribution in [3.8, 4) is 11.1 Å². The standard InChI is InChI=1S/C21H21N3O2/c1-13-10-17(19-14(2)22-26-15(19)3)11-18-20(13)23(4)21(25)24(18)12-16-8-6-5-7-9-16/h5-11H,12H2,1-4H3. The first-order valence-corrected chi connectivity index (χ1v) is 8.64. The molecule has 0 saturated carbocycles. The molecule has 0 N–H and O–H groups in total. The lowest BCUT2D eigenvalue weighted by atomic mass is 10.0. The van der Waals surface area contributed by atoms with Gasteiger partial charge in [-0.15, -0.1) is 0 Å². The minimum atomic E-state index is -0.0112. The highest BCUT2D eigenvalue weighted by atomic mass is 16.5. The van der Waals surface area contributed by atoms with Crippen LogP contribution in [0.25, 0.3) is 22.2 Å². The van der Waals surface area contributed by atoms with Crippen molar-refractivity contribution in [1.82, 2.24) is 14.3 Å². The minimum Gasteiger partial charge on any atom is -0.361 e. The molecule has 2 heterocycles. The number of fused-ring (bicyclic) bond motifs is 1. The number of aryl methyl sites for hydroxylation is 4. The number of rotatable bonds is 3. The quantitative estimate of drug-likeness (QED) is 0.563. The zero-order valence-corrected chi connectivity index (χ0v) is 15.4. The maximum Gasteiger partial charge on any atom is 0.329 e. The number of aromatic nitrogens is 3. The Morgan fingerprint density at radius 1 is 1.08 bits per heavy atom. The van der Waals surface area contributed by atoms with Gasteiger partial charge in [0.25, 0.3) is 0 Å². The Kier molecular flexibility index (Phi) is 3.80. The molecule has 0 radical (unpaired) electrons. The molecule has 0 spiro atoms. The van der Waals surface area contributed by atoms with Crippen LogP contribution < -0.4 is 5.69 Å². The first-order valence-electron chi connectivity index (χ1n) is 8.64. The fraction of sp³-hybridized carbons (Fsp3) is 0.238. The van der Waals surface area contributed by atoms with Crippen LogP contribution in [0.3, 0.4) is 0 Å². The monoisotopic (exact) mass is 347 g/mol. The molecule has 0 aliphatic carbocycles. The second kappa shape index (κ2) is 6.02. The zero-order chi connectivity index (χ0) is 18.4. The average molecular weight is 347 g/mol. The predicted octanol–water partition coefficient (Wildman–Crippen LogP) is 3.97. The SMILES string of the molecule is Cc1noc(C)c1-c1cc(C)c2c(c1)n(Cc1ccccc1)c(=O)n2C. The van der Waals surface area contributed by atoms with Crippen LogP contribution in [-0.2, 0) is 13.6 Å². The van der Waals surface area contributed by atoms with E-state index in [9.17, 15) is 4.79 Å². The lowest BCUT2D eigenvalue weighted by molar-refractivity contribution is 0.393. The molecule has 0 aliphatic heterocycles. The highest BCUT2D eigenvalue weighted by Crippen LogP contribution is 2.31. The second-order valence-corrected chi connectivity index (χ2v) is 6.77. The molecule has 26 heavy (non-hydrogen) atoms. The molecule has 4 rings (SSSR count). The van der Waals surface area contributed by atoms with Gasteiger partial charge in [-0.1, -0.05) is 35.5 Å². The van der Waals surface area contributed by atoms with Gasteiger partial charge in [0.15, 0.2) is 0 Å². The van der Waals surface area contributed by atoms with E-state index in [0.717, 1.165) is 44.7 Å². The van der Waals surface area contributed by atoms with Crippen LogP contribution >= 0.6 is 0 Å². The Balaban J connectivity index is 1.98. The number of nitrogens with zero attached hydrogens (tertiary/aromatic N) is 3. The maximum absolute atomic E-state index is 12.9. The predicted molar refractivity (Wildman–Crippen MR) is 102 cm³/mol. The van der Waals surface area contributed by atoms with Crippen molar-refractivity contribution in [1.29, 1.82) is 0 Å². The molecule has 2 aromatic heterocycles. The second-order valence-electron chi connectivity index (χ2n) is 6.77. The summed E-state index contributed by atoms with van der Waals surface area (Å²) in [4.78, 5) is 12.9. The number of hydrogen-bond donors (Lipinski definition) is 0. The molecule has 0 saturated heterocycles. The molecule has 5 nitrogen and oxygen atoms in total. The fourth-order valence-corrected chi connectivity index (χ4v) is 3.74. The molecular formula is C21H21N3O2. The van der Waals surface area contributed by atoms with E-state index in [1.807, 2.05) is 62.7 Å². The van der Waals surface area contributed by atoms with Crippen molar-refractivity contribution < 1.29 is 4.52 Å². The lowest BCUT2D eigenvalue weighted by Gasteiger charge is -2.08. The van der Waals surface area contributed by atoms with Crippen LogP contribution in [0.1, 0.15) is 22.6 Å². The molecule has 5 heteroatoms. The molecule has 2 aromatic carbocycles. The Morgan fingerprint density at radius 2 is 1.81 bits per heavy atom. The van der Waals surface area contributed by atoms with E-state index in [1.165, 1.54) is 0 Å². The Morgan fingerprint density at radius 3 is 2.46 bits per heavy atom. The summed E-state index contributed by atoms with van der Waals surface area (Å²) in [6.07, 6.45) is 0. The summed E-state index contributed by atoms with van der Waals surface area (Å²) in [5.74, 6) is 0.786. The normalized spacial score (nSPS) is 11.4. The summed E-state index contributed by atoms with van der Waals surface area (Å²) in [7, 11) is 1.83. The van der Waals surface area contributed by atoms with Crippen molar-refractivity contribution in [3.05, 3.63) is 75.5 Å². The van der Waals surface area contributed by atoms with Gasteiger partial charge in [-0.25, -0.2) is 4.79 Å². The summed E-state index contributed by atoms with van der Waals surface area (Å²) < 4.78 is 8.89. The first kappa shape index (κ1) is 16.4. The van der Waals surface area contributed by atoms with E-state index < -0.39 is 0 Å². The van der Waals surface area contributed by atoms with E-state index in [2.05, 4.69) is 17.3 Å².